The molecule has 240 valence electrons. The van der Waals surface area contributed by atoms with Crippen LogP contribution in [0.4, 0.5) is 26.3 Å². The maximum absolute atomic E-state index is 15.1. The van der Waals surface area contributed by atoms with Gasteiger partial charge < -0.3 is 19.3 Å². The number of ether oxygens (including phenoxy) is 3. The zero-order valence-corrected chi connectivity index (χ0v) is 24.5. The number of esters is 1. The molecule has 0 spiro atoms. The topological polar surface area (TPSA) is 77.9 Å². The molecule has 0 amide bonds. The zero-order chi connectivity index (χ0) is 32.3. The second-order valence-corrected chi connectivity index (χ2v) is 12.3. The Morgan fingerprint density at radius 1 is 1.04 bits per heavy atom. The number of halogens is 6. The van der Waals surface area contributed by atoms with Crippen molar-refractivity contribution < 1.29 is 50.5 Å². The summed E-state index contributed by atoms with van der Waals surface area (Å²) in [7, 11) is 0. The van der Waals surface area contributed by atoms with Crippen molar-refractivity contribution in [3.05, 3.63) is 76.2 Å². The van der Waals surface area contributed by atoms with Crippen LogP contribution in [0.15, 0.2) is 36.5 Å². The summed E-state index contributed by atoms with van der Waals surface area (Å²) in [5.74, 6) is -4.54. The van der Waals surface area contributed by atoms with Crippen molar-refractivity contribution in [2.24, 2.45) is 11.8 Å². The van der Waals surface area contributed by atoms with Gasteiger partial charge in [-0.1, -0.05) is 0 Å². The van der Waals surface area contributed by atoms with Crippen LogP contribution in [-0.2, 0) is 28.7 Å². The van der Waals surface area contributed by atoms with E-state index in [0.29, 0.717) is 38.7 Å². The third kappa shape index (κ3) is 6.21. The number of hydrogen-bond donors (Lipinski definition) is 1. The summed E-state index contributed by atoms with van der Waals surface area (Å²) >= 11 is 0. The average Bonchev–Trinajstić information content (AvgIpc) is 3.56. The average molecular weight is 636 g/mol. The van der Waals surface area contributed by atoms with Crippen LogP contribution >= 0.6 is 0 Å². The molecular formula is C33H31F6NO5. The van der Waals surface area contributed by atoms with Gasteiger partial charge in [0.25, 0.3) is 0 Å². The number of hydrogen-bond acceptors (Lipinski definition) is 6. The van der Waals surface area contributed by atoms with E-state index < -0.39 is 64.4 Å². The lowest BCUT2D eigenvalue weighted by atomic mass is 9.85. The molecule has 3 atom stereocenters. The van der Waals surface area contributed by atoms with E-state index in [1.165, 1.54) is 0 Å². The van der Waals surface area contributed by atoms with Crippen LogP contribution < -0.4 is 9.47 Å². The molecule has 3 aliphatic carbocycles. The highest BCUT2D eigenvalue weighted by Gasteiger charge is 2.60. The van der Waals surface area contributed by atoms with E-state index in [-0.39, 0.29) is 41.2 Å². The van der Waals surface area contributed by atoms with Crippen molar-refractivity contribution in [1.82, 2.24) is 4.98 Å². The fourth-order valence-electron chi connectivity index (χ4n) is 6.59. The number of benzene rings is 2. The third-order valence-corrected chi connectivity index (χ3v) is 9.01. The molecule has 12 heteroatoms. The van der Waals surface area contributed by atoms with Gasteiger partial charge in [0, 0.05) is 23.7 Å². The molecule has 3 unspecified atom stereocenters. The van der Waals surface area contributed by atoms with E-state index in [1.54, 1.807) is 26.1 Å². The van der Waals surface area contributed by atoms with E-state index in [9.17, 15) is 27.5 Å². The normalized spacial score (nSPS) is 25.4. The van der Waals surface area contributed by atoms with Crippen molar-refractivity contribution >= 4 is 5.97 Å². The van der Waals surface area contributed by atoms with Gasteiger partial charge in [0.1, 0.15) is 12.4 Å². The molecule has 3 aliphatic rings. The summed E-state index contributed by atoms with van der Waals surface area (Å²) in [6.07, 6.45) is -1.98. The highest BCUT2D eigenvalue weighted by molar-refractivity contribution is 5.79. The number of nitrogens with zero attached hydrogens (tertiary/aromatic N) is 1. The monoisotopic (exact) mass is 635 g/mol. The minimum absolute atomic E-state index is 0.0205. The first-order valence-corrected chi connectivity index (χ1v) is 14.8. The highest BCUT2D eigenvalue weighted by Crippen LogP contribution is 2.62. The van der Waals surface area contributed by atoms with Crippen LogP contribution in [-0.4, -0.2) is 34.4 Å². The fourth-order valence-corrected chi connectivity index (χ4v) is 6.59. The van der Waals surface area contributed by atoms with Crippen LogP contribution in [0.5, 0.6) is 11.6 Å². The second kappa shape index (κ2) is 11.5. The third-order valence-electron chi connectivity index (χ3n) is 9.01. The zero-order valence-electron chi connectivity index (χ0n) is 24.5. The molecule has 1 heterocycles. The minimum atomic E-state index is -5.03. The van der Waals surface area contributed by atoms with Crippen LogP contribution in [0.25, 0.3) is 11.1 Å². The Bertz CT molecular complexity index is 1610. The van der Waals surface area contributed by atoms with Gasteiger partial charge in [0.2, 0.25) is 5.88 Å². The first-order valence-electron chi connectivity index (χ1n) is 14.8. The predicted octanol–water partition coefficient (Wildman–Crippen LogP) is 7.28. The van der Waals surface area contributed by atoms with Crippen LogP contribution in [0.3, 0.4) is 0 Å². The lowest BCUT2D eigenvalue weighted by Gasteiger charge is -2.33. The number of fused-ring (bicyclic) bond motifs is 3. The van der Waals surface area contributed by atoms with Crippen molar-refractivity contribution in [1.29, 1.82) is 0 Å². The van der Waals surface area contributed by atoms with Crippen LogP contribution in [0.2, 0.25) is 0 Å². The summed E-state index contributed by atoms with van der Waals surface area (Å²) < 4.78 is 103. The summed E-state index contributed by atoms with van der Waals surface area (Å²) in [4.78, 5) is 16.4. The van der Waals surface area contributed by atoms with Crippen LogP contribution in [0.1, 0.15) is 67.7 Å². The van der Waals surface area contributed by atoms with Crippen molar-refractivity contribution in [2.45, 2.75) is 76.4 Å². The number of rotatable bonds is 8. The molecule has 6 rings (SSSR count). The number of pyridine rings is 1. The number of aromatic nitrogens is 1. The minimum Gasteiger partial charge on any atom is -0.484 e. The Kier molecular flexibility index (Phi) is 7.99. The first kappa shape index (κ1) is 31.2. The van der Waals surface area contributed by atoms with E-state index in [4.69, 9.17) is 14.2 Å². The van der Waals surface area contributed by atoms with Gasteiger partial charge in [-0.25, -0.2) is 18.2 Å². The van der Waals surface area contributed by atoms with Gasteiger partial charge in [0.05, 0.1) is 29.8 Å². The van der Waals surface area contributed by atoms with Gasteiger partial charge >= 0.3 is 12.1 Å². The fraction of sp³-hybridized carbons (Fsp3) is 0.455. The number of alkyl halides is 3. The van der Waals surface area contributed by atoms with Crippen molar-refractivity contribution in [3.63, 3.8) is 0 Å². The van der Waals surface area contributed by atoms with Crippen molar-refractivity contribution in [2.75, 3.05) is 6.61 Å². The molecule has 0 aliphatic heterocycles. The Balaban J connectivity index is 1.22. The summed E-state index contributed by atoms with van der Waals surface area (Å²) in [5.41, 5.74) is -1.85. The first-order chi connectivity index (χ1) is 21.3. The van der Waals surface area contributed by atoms with Crippen molar-refractivity contribution in [3.8, 4) is 22.8 Å². The molecule has 0 radical (unpaired) electrons. The smallest absolute Gasteiger partial charge is 0.417 e. The Labute approximate surface area is 255 Å². The number of aliphatic hydroxyl groups is 1. The Morgan fingerprint density at radius 3 is 2.38 bits per heavy atom. The molecule has 45 heavy (non-hydrogen) atoms. The number of carbonyl (C=O) groups excluding carboxylic acids is 1. The molecule has 6 nitrogen and oxygen atoms in total. The molecule has 0 bridgehead atoms. The van der Waals surface area contributed by atoms with Gasteiger partial charge in [-0.05, 0) is 98.4 Å². The quantitative estimate of drug-likeness (QED) is 0.207. The summed E-state index contributed by atoms with van der Waals surface area (Å²) in [6, 6.07) is 4.25. The highest BCUT2D eigenvalue weighted by atomic mass is 19.4. The molecule has 2 aromatic carbocycles. The SMILES string of the molecule is CCOC(=O)C1C2Cc3cc(OCc4cc(-c5cc(F)c(OC6CCC(C)(O)CC6)c(F)c5)c(C(F)(F)F)cc4F)ncc3C21. The molecule has 0 saturated heterocycles. The molecule has 2 fully saturated rings. The second-order valence-electron chi connectivity index (χ2n) is 12.3. The molecule has 2 saturated carbocycles. The maximum Gasteiger partial charge on any atom is 0.417 e. The summed E-state index contributed by atoms with van der Waals surface area (Å²) in [5, 5.41) is 10.1. The lowest BCUT2D eigenvalue weighted by Crippen LogP contribution is -2.35. The maximum atomic E-state index is 15.1. The molecule has 1 N–H and O–H groups in total. The van der Waals surface area contributed by atoms with Crippen LogP contribution in [0, 0.1) is 29.3 Å². The van der Waals surface area contributed by atoms with Gasteiger partial charge in [-0.15, -0.1) is 0 Å². The van der Waals surface area contributed by atoms with Gasteiger partial charge in [0.15, 0.2) is 17.4 Å². The van der Waals surface area contributed by atoms with Gasteiger partial charge in [-0.3, -0.25) is 4.79 Å². The predicted molar refractivity (Wildman–Crippen MR) is 149 cm³/mol. The standard InChI is InChI=1S/C33H31F6NO5/c1-3-43-31(41)29-21-8-16-12-27(40-14-22(16)28(21)29)44-15-18-9-20(23(13-24(18)34)33(37,38)39)17-10-25(35)30(26(36)11-17)45-19-4-6-32(2,42)7-5-19/h9-14,19,21,28-29,42H,3-8,15H2,1-2H3. The molecule has 3 aromatic rings. The lowest BCUT2D eigenvalue weighted by molar-refractivity contribution is -0.145. The summed E-state index contributed by atoms with van der Waals surface area (Å²) in [6.45, 7) is 3.20. The van der Waals surface area contributed by atoms with E-state index in [0.717, 1.165) is 29.3 Å². The largest absolute Gasteiger partial charge is 0.484 e. The Morgan fingerprint density at radius 2 is 1.73 bits per heavy atom. The van der Waals surface area contributed by atoms with E-state index in [1.807, 2.05) is 0 Å². The van der Waals surface area contributed by atoms with E-state index in [2.05, 4.69) is 4.98 Å². The Hall–Kier alpha value is -3.80. The molecular weight excluding hydrogens is 604 g/mol. The molecule has 1 aromatic heterocycles. The van der Waals surface area contributed by atoms with E-state index >= 15 is 8.78 Å². The number of carbonyl (C=O) groups is 1. The van der Waals surface area contributed by atoms with Gasteiger partial charge in [-0.2, -0.15) is 13.2 Å².